The third kappa shape index (κ3) is 2.14. The fraction of sp³-hybridized carbons (Fsp3) is 0.400. The van der Waals surface area contributed by atoms with Gasteiger partial charge in [0.2, 0.25) is 0 Å². The Bertz CT molecular complexity index is 337. The topological polar surface area (TPSA) is 52.0 Å². The zero-order valence-corrected chi connectivity index (χ0v) is 9.73. The molecule has 0 aromatic heterocycles. The molecule has 2 nitrogen and oxygen atoms in total. The third-order valence-corrected chi connectivity index (χ3v) is 3.13. The van der Waals surface area contributed by atoms with E-state index in [0.717, 1.165) is 5.56 Å². The van der Waals surface area contributed by atoms with E-state index in [1.54, 1.807) is 6.07 Å². The molecule has 0 aliphatic carbocycles. The van der Waals surface area contributed by atoms with Crippen molar-refractivity contribution in [2.24, 2.45) is 11.7 Å². The maximum absolute atomic E-state index is 6.05. The maximum Gasteiger partial charge on any atom is 0.0824 e. The Morgan fingerprint density at radius 1 is 1.14 bits per heavy atom. The standard InChI is InChI=1S/C10H14Cl2N2/c1-5(2)10(14)6-3-4-7(13)9(12)8(6)11/h3-5,10H,13-14H2,1-2H3. The number of anilines is 1. The number of rotatable bonds is 2. The Labute approximate surface area is 94.2 Å². The van der Waals surface area contributed by atoms with Gasteiger partial charge in [-0.25, -0.2) is 0 Å². The predicted molar refractivity (Wildman–Crippen MR) is 62.6 cm³/mol. The number of hydrogen-bond acceptors (Lipinski definition) is 2. The molecule has 4 heteroatoms. The minimum Gasteiger partial charge on any atom is -0.397 e. The van der Waals surface area contributed by atoms with Gasteiger partial charge in [0.15, 0.2) is 0 Å². The van der Waals surface area contributed by atoms with E-state index in [1.807, 2.05) is 19.9 Å². The van der Waals surface area contributed by atoms with Gasteiger partial charge in [-0.05, 0) is 17.5 Å². The molecule has 78 valence electrons. The Balaban J connectivity index is 3.17. The number of hydrogen-bond donors (Lipinski definition) is 2. The van der Waals surface area contributed by atoms with Crippen LogP contribution in [0.3, 0.4) is 0 Å². The van der Waals surface area contributed by atoms with E-state index in [9.17, 15) is 0 Å². The lowest BCUT2D eigenvalue weighted by Crippen LogP contribution is -2.17. The molecule has 0 bridgehead atoms. The van der Waals surface area contributed by atoms with Gasteiger partial charge in [-0.15, -0.1) is 0 Å². The van der Waals surface area contributed by atoms with Crippen LogP contribution in [0, 0.1) is 5.92 Å². The summed E-state index contributed by atoms with van der Waals surface area (Å²) in [6.45, 7) is 4.07. The molecule has 1 aromatic rings. The minimum atomic E-state index is -0.111. The van der Waals surface area contributed by atoms with Crippen LogP contribution in [0.25, 0.3) is 0 Å². The van der Waals surface area contributed by atoms with E-state index < -0.39 is 0 Å². The molecule has 0 aliphatic heterocycles. The molecule has 0 amide bonds. The lowest BCUT2D eigenvalue weighted by atomic mass is 9.97. The average molecular weight is 233 g/mol. The first-order valence-electron chi connectivity index (χ1n) is 4.44. The van der Waals surface area contributed by atoms with E-state index in [2.05, 4.69) is 0 Å². The molecule has 1 aromatic carbocycles. The molecule has 1 rings (SSSR count). The fourth-order valence-electron chi connectivity index (χ4n) is 1.20. The summed E-state index contributed by atoms with van der Waals surface area (Å²) in [4.78, 5) is 0. The first-order valence-corrected chi connectivity index (χ1v) is 5.19. The van der Waals surface area contributed by atoms with Crippen molar-refractivity contribution in [3.8, 4) is 0 Å². The maximum atomic E-state index is 6.05. The van der Waals surface area contributed by atoms with Crippen molar-refractivity contribution < 1.29 is 0 Å². The second-order valence-corrected chi connectivity index (χ2v) is 4.40. The Kier molecular flexibility index (Phi) is 3.65. The third-order valence-electron chi connectivity index (χ3n) is 2.22. The molecule has 0 spiro atoms. The lowest BCUT2D eigenvalue weighted by Gasteiger charge is -2.18. The van der Waals surface area contributed by atoms with Crippen molar-refractivity contribution in [3.63, 3.8) is 0 Å². The predicted octanol–water partition coefficient (Wildman–Crippen LogP) is 3.23. The average Bonchev–Trinajstić information content (AvgIpc) is 2.13. The van der Waals surface area contributed by atoms with Gasteiger partial charge < -0.3 is 11.5 Å². The zero-order chi connectivity index (χ0) is 10.9. The van der Waals surface area contributed by atoms with Gasteiger partial charge in [-0.3, -0.25) is 0 Å². The normalized spacial score (nSPS) is 13.3. The van der Waals surface area contributed by atoms with Crippen molar-refractivity contribution in [2.75, 3.05) is 5.73 Å². The summed E-state index contributed by atoms with van der Waals surface area (Å²) < 4.78 is 0. The SMILES string of the molecule is CC(C)C(N)c1ccc(N)c(Cl)c1Cl. The Morgan fingerprint density at radius 2 is 1.71 bits per heavy atom. The monoisotopic (exact) mass is 232 g/mol. The van der Waals surface area contributed by atoms with Crippen LogP contribution in [-0.2, 0) is 0 Å². The number of nitrogens with two attached hydrogens (primary N) is 2. The molecular weight excluding hydrogens is 219 g/mol. The van der Waals surface area contributed by atoms with Gasteiger partial charge in [0.25, 0.3) is 0 Å². The number of nitrogen functional groups attached to an aromatic ring is 1. The van der Waals surface area contributed by atoms with Crippen LogP contribution in [0.4, 0.5) is 5.69 Å². The zero-order valence-electron chi connectivity index (χ0n) is 8.22. The highest BCUT2D eigenvalue weighted by Gasteiger charge is 2.16. The van der Waals surface area contributed by atoms with Crippen LogP contribution in [0.1, 0.15) is 25.5 Å². The summed E-state index contributed by atoms with van der Waals surface area (Å²) in [5, 5.41) is 0.855. The summed E-state index contributed by atoms with van der Waals surface area (Å²) in [6, 6.07) is 3.44. The quantitative estimate of drug-likeness (QED) is 0.770. The van der Waals surface area contributed by atoms with E-state index >= 15 is 0 Å². The molecule has 1 unspecified atom stereocenters. The number of benzene rings is 1. The summed E-state index contributed by atoms with van der Waals surface area (Å²) in [6.07, 6.45) is 0. The van der Waals surface area contributed by atoms with E-state index in [4.69, 9.17) is 34.7 Å². The second kappa shape index (κ2) is 4.39. The summed E-state index contributed by atoms with van der Waals surface area (Å²) in [7, 11) is 0. The minimum absolute atomic E-state index is 0.111. The largest absolute Gasteiger partial charge is 0.397 e. The van der Waals surface area contributed by atoms with Gasteiger partial charge in [-0.1, -0.05) is 43.1 Å². The van der Waals surface area contributed by atoms with Crippen molar-refractivity contribution in [1.29, 1.82) is 0 Å². The van der Waals surface area contributed by atoms with Crippen LogP contribution in [0.5, 0.6) is 0 Å². The highest BCUT2D eigenvalue weighted by Crippen LogP contribution is 2.35. The van der Waals surface area contributed by atoms with Crippen LogP contribution in [-0.4, -0.2) is 0 Å². The van der Waals surface area contributed by atoms with Gasteiger partial charge in [0.1, 0.15) is 0 Å². The summed E-state index contributed by atoms with van der Waals surface area (Å²) in [5.74, 6) is 0.312. The van der Waals surface area contributed by atoms with Gasteiger partial charge in [0.05, 0.1) is 15.7 Å². The molecule has 4 N–H and O–H groups in total. The molecule has 0 heterocycles. The second-order valence-electron chi connectivity index (χ2n) is 3.64. The van der Waals surface area contributed by atoms with E-state index in [0.29, 0.717) is 21.7 Å². The van der Waals surface area contributed by atoms with Crippen LogP contribution < -0.4 is 11.5 Å². The van der Waals surface area contributed by atoms with Crippen molar-refractivity contribution in [1.82, 2.24) is 0 Å². The molecule has 0 saturated carbocycles. The van der Waals surface area contributed by atoms with Crippen molar-refractivity contribution >= 4 is 28.9 Å². The molecule has 14 heavy (non-hydrogen) atoms. The highest BCUT2D eigenvalue weighted by molar-refractivity contribution is 6.44. The lowest BCUT2D eigenvalue weighted by molar-refractivity contribution is 0.514. The van der Waals surface area contributed by atoms with Crippen molar-refractivity contribution in [2.45, 2.75) is 19.9 Å². The fourth-order valence-corrected chi connectivity index (χ4v) is 1.67. The first kappa shape index (κ1) is 11.6. The molecule has 0 saturated heterocycles. The summed E-state index contributed by atoms with van der Waals surface area (Å²) >= 11 is 12.0. The highest BCUT2D eigenvalue weighted by atomic mass is 35.5. The smallest absolute Gasteiger partial charge is 0.0824 e. The Morgan fingerprint density at radius 3 is 2.21 bits per heavy atom. The number of halogens is 2. The molecule has 1 atom stereocenters. The molecular formula is C10H14Cl2N2. The Hall–Kier alpha value is -0.440. The van der Waals surface area contributed by atoms with Gasteiger partial charge in [0, 0.05) is 6.04 Å². The van der Waals surface area contributed by atoms with Crippen LogP contribution in [0.15, 0.2) is 12.1 Å². The van der Waals surface area contributed by atoms with Gasteiger partial charge in [-0.2, -0.15) is 0 Å². The molecule has 0 aliphatic rings. The van der Waals surface area contributed by atoms with Crippen LogP contribution in [0.2, 0.25) is 10.0 Å². The first-order chi connectivity index (χ1) is 6.45. The summed E-state index contributed by atoms with van der Waals surface area (Å²) in [5.41, 5.74) is 12.9. The van der Waals surface area contributed by atoms with Crippen molar-refractivity contribution in [3.05, 3.63) is 27.7 Å². The van der Waals surface area contributed by atoms with E-state index in [-0.39, 0.29) is 6.04 Å². The van der Waals surface area contributed by atoms with Crippen LogP contribution >= 0.6 is 23.2 Å². The molecule has 0 fully saturated rings. The van der Waals surface area contributed by atoms with Gasteiger partial charge >= 0.3 is 0 Å². The van der Waals surface area contributed by atoms with E-state index in [1.165, 1.54) is 0 Å². The molecule has 0 radical (unpaired) electrons.